The van der Waals surface area contributed by atoms with E-state index in [1.807, 2.05) is 13.8 Å². The van der Waals surface area contributed by atoms with Crippen LogP contribution in [0.2, 0.25) is 0 Å². The maximum absolute atomic E-state index is 13.6. The third-order valence-corrected chi connectivity index (χ3v) is 4.49. The predicted octanol–water partition coefficient (Wildman–Crippen LogP) is 2.29. The van der Waals surface area contributed by atoms with Crippen LogP contribution in [0.4, 0.5) is 4.39 Å². The predicted molar refractivity (Wildman–Crippen MR) is 80.9 cm³/mol. The monoisotopic (exact) mass is 324 g/mol. The van der Waals surface area contributed by atoms with Crippen LogP contribution in [0.25, 0.3) is 0 Å². The number of hydrogen-bond acceptors (Lipinski definition) is 3. The van der Waals surface area contributed by atoms with Crippen LogP contribution >= 0.6 is 12.4 Å². The summed E-state index contributed by atoms with van der Waals surface area (Å²) in [7, 11) is -3.91. The van der Waals surface area contributed by atoms with E-state index in [0.29, 0.717) is 6.42 Å². The van der Waals surface area contributed by atoms with Gasteiger partial charge in [-0.3, -0.25) is 0 Å². The molecule has 0 bridgehead atoms. The van der Waals surface area contributed by atoms with E-state index in [2.05, 4.69) is 4.72 Å². The van der Waals surface area contributed by atoms with Gasteiger partial charge in [-0.25, -0.2) is 17.5 Å². The van der Waals surface area contributed by atoms with Gasteiger partial charge in [0.25, 0.3) is 0 Å². The van der Waals surface area contributed by atoms with Gasteiger partial charge < -0.3 is 5.73 Å². The van der Waals surface area contributed by atoms with Crippen LogP contribution in [0.15, 0.2) is 29.2 Å². The van der Waals surface area contributed by atoms with Gasteiger partial charge in [-0.05, 0) is 31.4 Å². The molecule has 4 nitrogen and oxygen atoms in total. The van der Waals surface area contributed by atoms with Gasteiger partial charge in [0.2, 0.25) is 10.0 Å². The van der Waals surface area contributed by atoms with Crippen LogP contribution in [0, 0.1) is 11.7 Å². The van der Waals surface area contributed by atoms with E-state index in [-0.39, 0.29) is 29.8 Å². The van der Waals surface area contributed by atoms with Gasteiger partial charge in [0, 0.05) is 12.1 Å². The van der Waals surface area contributed by atoms with Gasteiger partial charge in [0.1, 0.15) is 10.7 Å². The van der Waals surface area contributed by atoms with Crippen LogP contribution in [-0.4, -0.2) is 20.5 Å². The van der Waals surface area contributed by atoms with E-state index in [4.69, 9.17) is 5.73 Å². The van der Waals surface area contributed by atoms with Crippen molar-refractivity contribution in [3.63, 3.8) is 0 Å². The first-order valence-electron chi connectivity index (χ1n) is 6.19. The standard InChI is InChI=1S/C13H21FN2O2S.ClH/c1-10(2)8-13(3,9-15)16-19(17,18)12-7-5-4-6-11(12)14;/h4-7,10,16H,8-9,15H2,1-3H3;1H. The summed E-state index contributed by atoms with van der Waals surface area (Å²) in [4.78, 5) is -0.349. The average molecular weight is 325 g/mol. The number of nitrogens with one attached hydrogen (secondary N) is 1. The molecule has 1 rings (SSSR count). The van der Waals surface area contributed by atoms with Gasteiger partial charge in [-0.15, -0.1) is 12.4 Å². The van der Waals surface area contributed by atoms with E-state index in [1.165, 1.54) is 18.2 Å². The van der Waals surface area contributed by atoms with E-state index >= 15 is 0 Å². The van der Waals surface area contributed by atoms with E-state index in [0.717, 1.165) is 6.07 Å². The molecule has 0 fully saturated rings. The number of rotatable bonds is 6. The summed E-state index contributed by atoms with van der Waals surface area (Å²) in [5, 5.41) is 0. The molecule has 3 N–H and O–H groups in total. The van der Waals surface area contributed by atoms with Crippen molar-refractivity contribution in [3.8, 4) is 0 Å². The summed E-state index contributed by atoms with van der Waals surface area (Å²) in [6.07, 6.45) is 0.581. The van der Waals surface area contributed by atoms with Crippen molar-refractivity contribution in [2.45, 2.75) is 37.6 Å². The summed E-state index contributed by atoms with van der Waals surface area (Å²) < 4.78 is 40.5. The Morgan fingerprint density at radius 3 is 2.35 bits per heavy atom. The maximum atomic E-state index is 13.6. The molecule has 0 saturated carbocycles. The van der Waals surface area contributed by atoms with Gasteiger partial charge in [0.15, 0.2) is 0 Å². The second-order valence-corrected chi connectivity index (χ2v) is 7.05. The summed E-state index contributed by atoms with van der Waals surface area (Å²) >= 11 is 0. The Labute approximate surface area is 126 Å². The topological polar surface area (TPSA) is 72.2 Å². The lowest BCUT2D eigenvalue weighted by molar-refractivity contribution is 0.344. The minimum absolute atomic E-state index is 0. The van der Waals surface area contributed by atoms with Crippen LogP contribution < -0.4 is 10.5 Å². The van der Waals surface area contributed by atoms with Crippen molar-refractivity contribution >= 4 is 22.4 Å². The zero-order chi connectivity index (χ0) is 14.7. The maximum Gasteiger partial charge on any atom is 0.244 e. The SMILES string of the molecule is CC(C)CC(C)(CN)NS(=O)(=O)c1ccccc1F.Cl. The highest BCUT2D eigenvalue weighted by Gasteiger charge is 2.31. The highest BCUT2D eigenvalue weighted by atomic mass is 35.5. The van der Waals surface area contributed by atoms with Crippen molar-refractivity contribution in [2.75, 3.05) is 6.54 Å². The summed E-state index contributed by atoms with van der Waals surface area (Å²) in [6, 6.07) is 5.30. The smallest absolute Gasteiger partial charge is 0.244 e. The van der Waals surface area contributed by atoms with Crippen molar-refractivity contribution in [1.29, 1.82) is 0 Å². The zero-order valence-electron chi connectivity index (χ0n) is 11.9. The molecule has 1 unspecified atom stereocenters. The molecule has 0 amide bonds. The fourth-order valence-electron chi connectivity index (χ4n) is 2.11. The van der Waals surface area contributed by atoms with Crippen LogP contribution in [-0.2, 0) is 10.0 Å². The number of halogens is 2. The average Bonchev–Trinajstić information content (AvgIpc) is 2.27. The Morgan fingerprint density at radius 2 is 1.90 bits per heavy atom. The molecule has 0 saturated heterocycles. The third kappa shape index (κ3) is 5.01. The molecule has 0 spiro atoms. The first-order chi connectivity index (χ1) is 8.70. The molecular weight excluding hydrogens is 303 g/mol. The minimum Gasteiger partial charge on any atom is -0.329 e. The molecule has 20 heavy (non-hydrogen) atoms. The minimum atomic E-state index is -3.91. The Kier molecular flexibility index (Phi) is 7.10. The first kappa shape index (κ1) is 19.3. The lowest BCUT2D eigenvalue weighted by Crippen LogP contribution is -2.52. The van der Waals surface area contributed by atoms with Crippen molar-refractivity contribution in [3.05, 3.63) is 30.1 Å². The number of benzene rings is 1. The van der Waals surface area contributed by atoms with Crippen LogP contribution in [0.3, 0.4) is 0 Å². The van der Waals surface area contributed by atoms with Gasteiger partial charge in [0.05, 0.1) is 0 Å². The number of hydrogen-bond donors (Lipinski definition) is 2. The molecular formula is C13H22ClFN2O2S. The largest absolute Gasteiger partial charge is 0.329 e. The second kappa shape index (κ2) is 7.36. The lowest BCUT2D eigenvalue weighted by atomic mass is 9.92. The Balaban J connectivity index is 0.00000361. The van der Waals surface area contributed by atoms with Crippen molar-refractivity contribution in [2.24, 2.45) is 11.7 Å². The number of sulfonamides is 1. The zero-order valence-corrected chi connectivity index (χ0v) is 13.5. The highest BCUT2D eigenvalue weighted by molar-refractivity contribution is 7.89. The molecule has 1 aromatic carbocycles. The molecule has 1 aromatic rings. The van der Waals surface area contributed by atoms with Gasteiger partial charge >= 0.3 is 0 Å². The van der Waals surface area contributed by atoms with Crippen LogP contribution in [0.1, 0.15) is 27.2 Å². The third-order valence-electron chi connectivity index (χ3n) is 2.82. The molecule has 0 heterocycles. The Bertz CT molecular complexity index is 537. The molecule has 0 aliphatic rings. The summed E-state index contributed by atoms with van der Waals surface area (Å²) in [6.45, 7) is 5.83. The molecule has 0 aromatic heterocycles. The molecule has 0 aliphatic heterocycles. The Morgan fingerprint density at radius 1 is 1.35 bits per heavy atom. The van der Waals surface area contributed by atoms with E-state index in [9.17, 15) is 12.8 Å². The lowest BCUT2D eigenvalue weighted by Gasteiger charge is -2.30. The fourth-order valence-corrected chi connectivity index (χ4v) is 3.62. The van der Waals surface area contributed by atoms with E-state index in [1.54, 1.807) is 6.92 Å². The van der Waals surface area contributed by atoms with Crippen molar-refractivity contribution < 1.29 is 12.8 Å². The molecule has 1 atom stereocenters. The molecule has 7 heteroatoms. The fraction of sp³-hybridized carbons (Fsp3) is 0.538. The van der Waals surface area contributed by atoms with E-state index < -0.39 is 21.4 Å². The highest BCUT2D eigenvalue weighted by Crippen LogP contribution is 2.20. The second-order valence-electron chi connectivity index (χ2n) is 5.40. The first-order valence-corrected chi connectivity index (χ1v) is 7.67. The summed E-state index contributed by atoms with van der Waals surface area (Å²) in [5.74, 6) is -0.490. The van der Waals surface area contributed by atoms with Gasteiger partial charge in [-0.2, -0.15) is 0 Å². The molecule has 116 valence electrons. The number of nitrogens with two attached hydrogens (primary N) is 1. The molecule has 0 aliphatic carbocycles. The normalized spacial score (nSPS) is 14.7. The van der Waals surface area contributed by atoms with Crippen molar-refractivity contribution in [1.82, 2.24) is 4.72 Å². The summed E-state index contributed by atoms with van der Waals surface area (Å²) in [5.41, 5.74) is 4.88. The van der Waals surface area contributed by atoms with Crippen LogP contribution in [0.5, 0.6) is 0 Å². The molecule has 0 radical (unpaired) electrons. The quantitative estimate of drug-likeness (QED) is 0.843. The van der Waals surface area contributed by atoms with Gasteiger partial charge in [-0.1, -0.05) is 26.0 Å². The Hall–Kier alpha value is -0.690.